The zero-order chi connectivity index (χ0) is 18.3. The number of anilines is 1. The molecule has 0 bridgehead atoms. The lowest BCUT2D eigenvalue weighted by molar-refractivity contribution is -0.388. The average molecular weight is 351 g/mol. The fraction of sp³-hybridized carbons (Fsp3) is 0.316. The third kappa shape index (κ3) is 2.56. The Morgan fingerprint density at radius 3 is 2.92 bits per heavy atom. The molecule has 1 aliphatic rings. The second-order valence-electron chi connectivity index (χ2n) is 6.58. The number of benzene rings is 1. The Hall–Kier alpha value is -3.09. The van der Waals surface area contributed by atoms with Gasteiger partial charge in [0.05, 0.1) is 0 Å². The van der Waals surface area contributed by atoms with E-state index >= 15 is 0 Å². The number of nitro groups is 1. The molecule has 3 aromatic rings. The van der Waals surface area contributed by atoms with Crippen LogP contribution in [0.3, 0.4) is 0 Å². The number of hydrogen-bond donors (Lipinski definition) is 1. The molecule has 0 spiro atoms. The quantitative estimate of drug-likeness (QED) is 0.574. The first-order valence-electron chi connectivity index (χ1n) is 8.79. The largest absolute Gasteiger partial charge is 0.406 e. The molecule has 0 atom stereocenters. The molecule has 0 radical (unpaired) electrons. The first-order valence-corrected chi connectivity index (χ1v) is 8.79. The van der Waals surface area contributed by atoms with E-state index < -0.39 is 4.92 Å². The van der Waals surface area contributed by atoms with Crippen LogP contribution in [0.15, 0.2) is 36.8 Å². The van der Waals surface area contributed by atoms with Crippen LogP contribution in [-0.4, -0.2) is 32.5 Å². The zero-order valence-electron chi connectivity index (χ0n) is 14.9. The summed E-state index contributed by atoms with van der Waals surface area (Å²) in [5, 5.41) is 12.5. The van der Waals surface area contributed by atoms with Gasteiger partial charge < -0.3 is 20.0 Å². The molecule has 3 heterocycles. The summed E-state index contributed by atoms with van der Waals surface area (Å²) in [6.07, 6.45) is 7.58. The summed E-state index contributed by atoms with van der Waals surface area (Å²) in [5.74, 6) is 0.488. The van der Waals surface area contributed by atoms with Crippen molar-refractivity contribution < 1.29 is 4.92 Å². The minimum atomic E-state index is -0.416. The third-order valence-electron chi connectivity index (χ3n) is 5.10. The first kappa shape index (κ1) is 16.4. The molecule has 1 aliphatic heterocycles. The van der Waals surface area contributed by atoms with E-state index in [9.17, 15) is 10.1 Å². The van der Waals surface area contributed by atoms with E-state index in [1.165, 1.54) is 33.9 Å². The van der Waals surface area contributed by atoms with Gasteiger partial charge in [-0.05, 0) is 33.9 Å². The van der Waals surface area contributed by atoms with Crippen molar-refractivity contribution in [3.63, 3.8) is 0 Å². The standard InChI is InChI=1S/C19H21N5O2/c1-3-13-5-4-6-15-16(11-20-17(13)15)14-7-9-23(10-8-14)19-18(24(25)26)21-12-22(19)2/h4-7,11-12,20H,3,8-10H2,1-2H3. The van der Waals surface area contributed by atoms with E-state index in [-0.39, 0.29) is 5.82 Å². The van der Waals surface area contributed by atoms with Crippen LogP contribution in [0.1, 0.15) is 24.5 Å². The van der Waals surface area contributed by atoms with Gasteiger partial charge in [0.15, 0.2) is 0 Å². The van der Waals surface area contributed by atoms with Crippen molar-refractivity contribution in [3.8, 4) is 0 Å². The van der Waals surface area contributed by atoms with Gasteiger partial charge in [-0.2, -0.15) is 0 Å². The van der Waals surface area contributed by atoms with Crippen molar-refractivity contribution in [2.45, 2.75) is 19.8 Å². The van der Waals surface area contributed by atoms with Gasteiger partial charge >= 0.3 is 5.82 Å². The molecule has 0 saturated carbocycles. The molecule has 134 valence electrons. The van der Waals surface area contributed by atoms with Gasteiger partial charge in [-0.25, -0.2) is 0 Å². The predicted octanol–water partition coefficient (Wildman–Crippen LogP) is 3.67. The second kappa shape index (κ2) is 6.33. The SMILES string of the molecule is CCc1cccc2c(C3=CCN(c4c([N+](=O)[O-])ncn4C)CC3)c[nH]c12. The maximum atomic E-state index is 11.2. The molecular formula is C19H21N5O2. The Kier molecular flexibility index (Phi) is 3.99. The van der Waals surface area contributed by atoms with E-state index in [4.69, 9.17) is 0 Å². The summed E-state index contributed by atoms with van der Waals surface area (Å²) in [5.41, 5.74) is 5.04. The summed E-state index contributed by atoms with van der Waals surface area (Å²) in [4.78, 5) is 20.2. The van der Waals surface area contributed by atoms with Crippen LogP contribution >= 0.6 is 0 Å². The highest BCUT2D eigenvalue weighted by molar-refractivity contribution is 5.94. The number of para-hydroxylation sites is 1. The molecule has 7 nitrogen and oxygen atoms in total. The monoisotopic (exact) mass is 351 g/mol. The number of imidazole rings is 1. The molecule has 0 saturated heterocycles. The number of hydrogen-bond acceptors (Lipinski definition) is 4. The molecule has 0 aliphatic carbocycles. The summed E-state index contributed by atoms with van der Waals surface area (Å²) < 4.78 is 1.72. The molecule has 4 rings (SSSR count). The minimum Gasteiger partial charge on any atom is -0.360 e. The Bertz CT molecular complexity index is 1010. The van der Waals surface area contributed by atoms with E-state index in [0.29, 0.717) is 12.4 Å². The van der Waals surface area contributed by atoms with Crippen LogP contribution in [0.4, 0.5) is 11.6 Å². The maximum Gasteiger partial charge on any atom is 0.406 e. The van der Waals surface area contributed by atoms with Gasteiger partial charge in [-0.1, -0.05) is 31.2 Å². The highest BCUT2D eigenvalue weighted by Gasteiger charge is 2.27. The van der Waals surface area contributed by atoms with Gasteiger partial charge in [-0.15, -0.1) is 0 Å². The first-order chi connectivity index (χ1) is 12.6. The fourth-order valence-electron chi connectivity index (χ4n) is 3.79. The van der Waals surface area contributed by atoms with Crippen molar-refractivity contribution in [2.75, 3.05) is 18.0 Å². The van der Waals surface area contributed by atoms with Crippen LogP contribution in [0.5, 0.6) is 0 Å². The van der Waals surface area contributed by atoms with E-state index in [0.717, 1.165) is 19.4 Å². The third-order valence-corrected chi connectivity index (χ3v) is 5.10. The van der Waals surface area contributed by atoms with Crippen LogP contribution in [0, 0.1) is 10.1 Å². The Morgan fingerprint density at radius 1 is 1.38 bits per heavy atom. The van der Waals surface area contributed by atoms with E-state index in [2.05, 4.69) is 47.4 Å². The van der Waals surface area contributed by atoms with Crippen molar-refractivity contribution >= 4 is 28.1 Å². The number of nitrogens with one attached hydrogen (secondary N) is 1. The van der Waals surface area contributed by atoms with E-state index in [1.54, 1.807) is 11.6 Å². The average Bonchev–Trinajstić information content (AvgIpc) is 3.25. The minimum absolute atomic E-state index is 0.0796. The molecule has 7 heteroatoms. The Balaban J connectivity index is 1.65. The molecule has 0 fully saturated rings. The second-order valence-corrected chi connectivity index (χ2v) is 6.58. The fourth-order valence-corrected chi connectivity index (χ4v) is 3.79. The van der Waals surface area contributed by atoms with Crippen molar-refractivity contribution in [1.82, 2.24) is 14.5 Å². The van der Waals surface area contributed by atoms with Crippen LogP contribution < -0.4 is 4.90 Å². The van der Waals surface area contributed by atoms with E-state index in [1.807, 2.05) is 4.90 Å². The number of aromatic nitrogens is 3. The van der Waals surface area contributed by atoms with Gasteiger partial charge in [0.1, 0.15) is 0 Å². The molecule has 2 aromatic heterocycles. The Morgan fingerprint density at radius 2 is 2.23 bits per heavy atom. The number of H-pyrrole nitrogens is 1. The predicted molar refractivity (Wildman–Crippen MR) is 102 cm³/mol. The molecule has 0 amide bonds. The van der Waals surface area contributed by atoms with Crippen molar-refractivity contribution in [1.29, 1.82) is 0 Å². The molecular weight excluding hydrogens is 330 g/mol. The molecule has 1 aromatic carbocycles. The molecule has 1 N–H and O–H groups in total. The topological polar surface area (TPSA) is 80.0 Å². The number of nitrogens with zero attached hydrogens (tertiary/aromatic N) is 4. The highest BCUT2D eigenvalue weighted by atomic mass is 16.6. The summed E-state index contributed by atoms with van der Waals surface area (Å²) in [7, 11) is 1.79. The number of aromatic amines is 1. The number of fused-ring (bicyclic) bond motifs is 1. The maximum absolute atomic E-state index is 11.2. The zero-order valence-corrected chi connectivity index (χ0v) is 14.9. The lowest BCUT2D eigenvalue weighted by atomic mass is 9.97. The summed E-state index contributed by atoms with van der Waals surface area (Å²) in [6, 6.07) is 6.41. The van der Waals surface area contributed by atoms with Gasteiger partial charge in [-0.3, -0.25) is 4.57 Å². The van der Waals surface area contributed by atoms with Crippen molar-refractivity contribution in [2.24, 2.45) is 7.05 Å². The van der Waals surface area contributed by atoms with Crippen LogP contribution in [-0.2, 0) is 13.5 Å². The van der Waals surface area contributed by atoms with Crippen LogP contribution in [0.25, 0.3) is 16.5 Å². The van der Waals surface area contributed by atoms with Gasteiger partial charge in [0.2, 0.25) is 12.1 Å². The Labute approximate surface area is 151 Å². The van der Waals surface area contributed by atoms with Crippen LogP contribution in [0.2, 0.25) is 0 Å². The smallest absolute Gasteiger partial charge is 0.360 e. The normalized spacial score (nSPS) is 14.7. The summed E-state index contributed by atoms with van der Waals surface area (Å²) in [6.45, 7) is 3.52. The number of rotatable bonds is 4. The van der Waals surface area contributed by atoms with Gasteiger partial charge in [0.25, 0.3) is 0 Å². The lowest BCUT2D eigenvalue weighted by Gasteiger charge is -2.27. The van der Waals surface area contributed by atoms with Crippen molar-refractivity contribution in [3.05, 3.63) is 58.0 Å². The summed E-state index contributed by atoms with van der Waals surface area (Å²) >= 11 is 0. The van der Waals surface area contributed by atoms with Gasteiger partial charge in [0, 0.05) is 42.8 Å². The molecule has 26 heavy (non-hydrogen) atoms. The highest BCUT2D eigenvalue weighted by Crippen LogP contribution is 2.33. The lowest BCUT2D eigenvalue weighted by Crippen LogP contribution is -2.30. The number of aryl methyl sites for hydroxylation is 2. The molecule has 0 unspecified atom stereocenters.